The Morgan fingerprint density at radius 1 is 1.22 bits per heavy atom. The summed E-state index contributed by atoms with van der Waals surface area (Å²) in [7, 11) is 0. The monoisotopic (exact) mass is 274 g/mol. The Kier molecular flexibility index (Phi) is 2.97. The van der Waals surface area contributed by atoms with E-state index in [4.69, 9.17) is 9.47 Å². The third-order valence-corrected chi connectivity index (χ3v) is 3.98. The Hall–Kier alpha value is -1.17. The lowest BCUT2D eigenvalue weighted by molar-refractivity contribution is -0.0893. The Morgan fingerprint density at radius 3 is 2.72 bits per heavy atom. The molecule has 0 bridgehead atoms. The summed E-state index contributed by atoms with van der Waals surface area (Å²) in [4.78, 5) is 0. The number of hydrogen-bond donors (Lipinski definition) is 0. The van der Waals surface area contributed by atoms with Gasteiger partial charge in [0.15, 0.2) is 11.5 Å². The van der Waals surface area contributed by atoms with Crippen molar-refractivity contribution in [1.82, 2.24) is 0 Å². The predicted octanol–water partition coefficient (Wildman–Crippen LogP) is 3.28. The van der Waals surface area contributed by atoms with E-state index in [0.29, 0.717) is 11.5 Å². The van der Waals surface area contributed by atoms with E-state index in [1.54, 1.807) is 12.1 Å². The van der Waals surface area contributed by atoms with Crippen LogP contribution in [0.25, 0.3) is 0 Å². The Labute approximate surface area is 107 Å². The number of halogens is 2. The van der Waals surface area contributed by atoms with Crippen LogP contribution in [0.4, 0.5) is 8.78 Å². The van der Waals surface area contributed by atoms with E-state index < -0.39 is 12.4 Å². The third kappa shape index (κ3) is 2.09. The van der Waals surface area contributed by atoms with Gasteiger partial charge in [-0.1, -0.05) is 6.07 Å². The molecule has 18 heavy (non-hydrogen) atoms. The van der Waals surface area contributed by atoms with Crippen molar-refractivity contribution in [3.63, 3.8) is 0 Å². The molecule has 2 aliphatic heterocycles. The van der Waals surface area contributed by atoms with Gasteiger partial charge in [0.2, 0.25) is 5.75 Å². The first-order chi connectivity index (χ1) is 8.69. The zero-order chi connectivity index (χ0) is 12.6. The molecule has 1 aromatic rings. The third-order valence-electron chi connectivity index (χ3n) is 3.00. The molecule has 1 aromatic carbocycles. The molecule has 1 fully saturated rings. The number of rotatable bonds is 2. The highest BCUT2D eigenvalue weighted by atomic mass is 32.2. The van der Waals surface area contributed by atoms with Crippen molar-refractivity contribution in [2.45, 2.75) is 25.2 Å². The zero-order valence-corrected chi connectivity index (χ0v) is 10.3. The molecular weight excluding hydrogens is 262 g/mol. The first-order valence-corrected chi connectivity index (χ1v) is 6.88. The Balaban J connectivity index is 1.87. The first kappa shape index (κ1) is 11.9. The number of thioether (sulfide) groups is 1. The van der Waals surface area contributed by atoms with E-state index in [1.165, 1.54) is 6.07 Å². The molecule has 1 saturated heterocycles. The molecule has 98 valence electrons. The van der Waals surface area contributed by atoms with Crippen LogP contribution in [-0.2, 0) is 0 Å². The lowest BCUT2D eigenvalue weighted by Gasteiger charge is -2.30. The molecule has 0 atom stereocenters. The molecule has 3 nitrogen and oxygen atoms in total. The number of hydrogen-bond acceptors (Lipinski definition) is 4. The van der Waals surface area contributed by atoms with E-state index in [-0.39, 0.29) is 5.75 Å². The highest BCUT2D eigenvalue weighted by Crippen LogP contribution is 2.49. The van der Waals surface area contributed by atoms with Gasteiger partial charge < -0.3 is 14.2 Å². The van der Waals surface area contributed by atoms with Crippen LogP contribution in [0.15, 0.2) is 18.2 Å². The molecule has 0 aromatic heterocycles. The van der Waals surface area contributed by atoms with Crippen molar-refractivity contribution in [2.24, 2.45) is 0 Å². The van der Waals surface area contributed by atoms with Crippen LogP contribution < -0.4 is 14.2 Å². The lowest BCUT2D eigenvalue weighted by atomic mass is 10.1. The summed E-state index contributed by atoms with van der Waals surface area (Å²) in [5, 5.41) is 0. The quantitative estimate of drug-likeness (QED) is 0.827. The van der Waals surface area contributed by atoms with Crippen LogP contribution >= 0.6 is 11.8 Å². The van der Waals surface area contributed by atoms with Gasteiger partial charge in [-0.15, -0.1) is 0 Å². The Morgan fingerprint density at radius 2 is 2.00 bits per heavy atom. The van der Waals surface area contributed by atoms with Gasteiger partial charge in [0.25, 0.3) is 5.79 Å². The molecular formula is C12H12F2O3S. The molecule has 1 spiro atoms. The highest BCUT2D eigenvalue weighted by Gasteiger charge is 2.44. The molecule has 2 aliphatic rings. The first-order valence-electron chi connectivity index (χ1n) is 5.72. The number of benzene rings is 1. The average molecular weight is 274 g/mol. The number of para-hydroxylation sites is 1. The van der Waals surface area contributed by atoms with Gasteiger partial charge in [-0.3, -0.25) is 0 Å². The van der Waals surface area contributed by atoms with Crippen molar-refractivity contribution in [3.8, 4) is 17.2 Å². The normalized spacial score (nSPS) is 20.4. The standard InChI is InChI=1S/C12H12F2O3S/c13-11(14)15-8-2-1-3-9-10(8)17-12(16-9)4-6-18-7-5-12/h1-3,11H,4-7H2. The van der Waals surface area contributed by atoms with E-state index >= 15 is 0 Å². The van der Waals surface area contributed by atoms with Crippen LogP contribution in [0.5, 0.6) is 17.2 Å². The molecule has 2 heterocycles. The van der Waals surface area contributed by atoms with Crippen LogP contribution in [0.1, 0.15) is 12.8 Å². The van der Waals surface area contributed by atoms with Crippen LogP contribution in [0.3, 0.4) is 0 Å². The molecule has 0 amide bonds. The second-order valence-electron chi connectivity index (χ2n) is 4.19. The van der Waals surface area contributed by atoms with Crippen molar-refractivity contribution in [1.29, 1.82) is 0 Å². The van der Waals surface area contributed by atoms with Crippen molar-refractivity contribution in [2.75, 3.05) is 11.5 Å². The van der Waals surface area contributed by atoms with E-state index in [2.05, 4.69) is 4.74 Å². The summed E-state index contributed by atoms with van der Waals surface area (Å²) in [5.74, 6) is 2.02. The number of ether oxygens (including phenoxy) is 3. The molecule has 6 heteroatoms. The predicted molar refractivity (Wildman–Crippen MR) is 63.6 cm³/mol. The van der Waals surface area contributed by atoms with Gasteiger partial charge in [-0.25, -0.2) is 0 Å². The van der Waals surface area contributed by atoms with Crippen LogP contribution in [0.2, 0.25) is 0 Å². The largest absolute Gasteiger partial charge is 0.448 e. The van der Waals surface area contributed by atoms with Crippen molar-refractivity contribution >= 4 is 11.8 Å². The fourth-order valence-corrected chi connectivity index (χ4v) is 3.27. The van der Waals surface area contributed by atoms with Gasteiger partial charge in [0.05, 0.1) is 0 Å². The van der Waals surface area contributed by atoms with Gasteiger partial charge in [-0.05, 0) is 12.1 Å². The summed E-state index contributed by atoms with van der Waals surface area (Å²) in [6, 6.07) is 4.80. The van der Waals surface area contributed by atoms with Crippen molar-refractivity contribution in [3.05, 3.63) is 18.2 Å². The van der Waals surface area contributed by atoms with Gasteiger partial charge in [-0.2, -0.15) is 20.5 Å². The summed E-state index contributed by atoms with van der Waals surface area (Å²) in [6.45, 7) is -2.86. The Bertz CT molecular complexity index is 447. The van der Waals surface area contributed by atoms with Gasteiger partial charge in [0.1, 0.15) is 0 Å². The highest BCUT2D eigenvalue weighted by molar-refractivity contribution is 7.99. The maximum atomic E-state index is 12.3. The van der Waals surface area contributed by atoms with Crippen LogP contribution in [0, 0.1) is 0 Å². The minimum Gasteiger partial charge on any atom is -0.448 e. The topological polar surface area (TPSA) is 27.7 Å². The molecule has 0 aliphatic carbocycles. The molecule has 0 radical (unpaired) electrons. The van der Waals surface area contributed by atoms with Crippen molar-refractivity contribution < 1.29 is 23.0 Å². The summed E-state index contributed by atoms with van der Waals surface area (Å²) in [6.07, 6.45) is 1.50. The number of alkyl halides is 2. The number of fused-ring (bicyclic) bond motifs is 1. The SMILES string of the molecule is FC(F)Oc1cccc2c1OC1(CCSCC1)O2. The fourth-order valence-electron chi connectivity index (χ4n) is 2.16. The summed E-state index contributed by atoms with van der Waals surface area (Å²) in [5.41, 5.74) is 0. The lowest BCUT2D eigenvalue weighted by Crippen LogP contribution is -2.42. The zero-order valence-electron chi connectivity index (χ0n) is 9.53. The summed E-state index contributed by atoms with van der Waals surface area (Å²) < 4.78 is 40.6. The fraction of sp³-hybridized carbons (Fsp3) is 0.500. The average Bonchev–Trinajstić information content (AvgIpc) is 2.68. The second-order valence-corrected chi connectivity index (χ2v) is 5.41. The smallest absolute Gasteiger partial charge is 0.387 e. The molecule has 0 unspecified atom stereocenters. The maximum Gasteiger partial charge on any atom is 0.387 e. The minimum absolute atomic E-state index is 0.0394. The minimum atomic E-state index is -2.86. The van der Waals surface area contributed by atoms with Gasteiger partial charge in [0, 0.05) is 24.3 Å². The second kappa shape index (κ2) is 4.50. The maximum absolute atomic E-state index is 12.3. The van der Waals surface area contributed by atoms with Gasteiger partial charge >= 0.3 is 6.61 Å². The molecule has 0 N–H and O–H groups in total. The summed E-state index contributed by atoms with van der Waals surface area (Å²) >= 11 is 1.84. The van der Waals surface area contributed by atoms with Crippen LogP contribution in [-0.4, -0.2) is 23.9 Å². The molecule has 0 saturated carbocycles. The van der Waals surface area contributed by atoms with E-state index in [9.17, 15) is 8.78 Å². The molecule has 3 rings (SSSR count). The van der Waals surface area contributed by atoms with E-state index in [1.807, 2.05) is 11.8 Å². The van der Waals surface area contributed by atoms with E-state index in [0.717, 1.165) is 24.3 Å².